The van der Waals surface area contributed by atoms with Gasteiger partial charge in [0.25, 0.3) is 0 Å². The van der Waals surface area contributed by atoms with E-state index < -0.39 is 57.6 Å². The third-order valence-electron chi connectivity index (χ3n) is 7.08. The minimum atomic E-state index is -5.83. The summed E-state index contributed by atoms with van der Waals surface area (Å²) >= 11 is 0. The zero-order chi connectivity index (χ0) is 30.9. The number of hydrogen-bond donors (Lipinski definition) is 1. The summed E-state index contributed by atoms with van der Waals surface area (Å²) < 4.78 is 73.8. The predicted octanol–water partition coefficient (Wildman–Crippen LogP) is 5.10. The fourth-order valence-electron chi connectivity index (χ4n) is 5.27. The third kappa shape index (κ3) is 7.68. The fraction of sp³-hybridized carbons (Fsp3) is 0.483. The first-order valence-corrected chi connectivity index (χ1v) is 14.4. The van der Waals surface area contributed by atoms with Crippen molar-refractivity contribution in [2.75, 3.05) is 6.61 Å². The number of ether oxygens (including phenoxy) is 3. The molecule has 0 bridgehead atoms. The molecule has 3 rings (SSSR count). The Morgan fingerprint density at radius 1 is 0.732 bits per heavy atom. The highest BCUT2D eigenvalue weighted by Crippen LogP contribution is 2.38. The van der Waals surface area contributed by atoms with Gasteiger partial charge in [-0.05, 0) is 83.1 Å². The highest BCUT2D eigenvalue weighted by atomic mass is 32.2. The van der Waals surface area contributed by atoms with Gasteiger partial charge in [0.1, 0.15) is 11.5 Å². The monoisotopic (exact) mass is 596 g/mol. The van der Waals surface area contributed by atoms with Crippen LogP contribution in [-0.4, -0.2) is 42.7 Å². The van der Waals surface area contributed by atoms with Crippen molar-refractivity contribution in [3.05, 3.63) is 57.6 Å². The van der Waals surface area contributed by atoms with Crippen molar-refractivity contribution in [2.24, 2.45) is 17.8 Å². The molecule has 12 heteroatoms. The van der Waals surface area contributed by atoms with Crippen LogP contribution in [0.25, 0.3) is 0 Å². The summed E-state index contributed by atoms with van der Waals surface area (Å²) in [7, 11) is -5.83. The highest BCUT2D eigenvalue weighted by molar-refractivity contribution is 7.86. The number of benzene rings is 2. The normalized spacial score (nSPS) is 19.4. The molecule has 0 aliphatic heterocycles. The molecule has 0 aromatic heterocycles. The van der Waals surface area contributed by atoms with E-state index in [-0.39, 0.29) is 19.3 Å². The van der Waals surface area contributed by atoms with E-state index >= 15 is 0 Å². The van der Waals surface area contributed by atoms with Crippen molar-refractivity contribution in [3.63, 3.8) is 0 Å². The molecular weight excluding hydrogens is 562 g/mol. The van der Waals surface area contributed by atoms with Crippen LogP contribution in [0.15, 0.2) is 24.3 Å². The molecule has 0 saturated heterocycles. The zero-order valence-electron chi connectivity index (χ0n) is 23.7. The lowest BCUT2D eigenvalue weighted by Gasteiger charge is -2.32. The molecule has 1 saturated carbocycles. The molecule has 0 amide bonds. The van der Waals surface area contributed by atoms with Gasteiger partial charge in [0, 0.05) is 0 Å². The van der Waals surface area contributed by atoms with Crippen molar-refractivity contribution in [1.82, 2.24) is 0 Å². The van der Waals surface area contributed by atoms with Crippen LogP contribution in [0.5, 0.6) is 11.5 Å². The highest BCUT2D eigenvalue weighted by Gasteiger charge is 2.47. The van der Waals surface area contributed by atoms with Gasteiger partial charge in [0.2, 0.25) is 0 Å². The Bertz CT molecular complexity index is 1340. The number of halogens is 2. The number of alkyl halides is 2. The summed E-state index contributed by atoms with van der Waals surface area (Å²) in [5.41, 5.74) is 4.75. The van der Waals surface area contributed by atoms with E-state index in [1.165, 1.54) is 0 Å². The Morgan fingerprint density at radius 3 is 1.37 bits per heavy atom. The molecule has 1 aliphatic carbocycles. The maximum Gasteiger partial charge on any atom is 0.402 e. The van der Waals surface area contributed by atoms with Crippen LogP contribution in [0.2, 0.25) is 0 Å². The van der Waals surface area contributed by atoms with Crippen LogP contribution in [-0.2, 0) is 29.2 Å². The summed E-state index contributed by atoms with van der Waals surface area (Å²) in [6.45, 7) is 8.94. The molecule has 1 aliphatic rings. The van der Waals surface area contributed by atoms with Crippen molar-refractivity contribution in [2.45, 2.75) is 66.1 Å². The molecule has 1 fully saturated rings. The number of aryl methyl sites for hydroxylation is 6. The number of esters is 3. The summed E-state index contributed by atoms with van der Waals surface area (Å²) in [4.78, 5) is 39.4. The smallest absolute Gasteiger partial charge is 0.402 e. The van der Waals surface area contributed by atoms with E-state index in [0.29, 0.717) is 33.8 Å². The maximum atomic E-state index is 13.7. The van der Waals surface area contributed by atoms with Crippen molar-refractivity contribution < 1.29 is 50.3 Å². The molecule has 1 N–H and O–H groups in total. The van der Waals surface area contributed by atoms with Gasteiger partial charge >= 0.3 is 33.3 Å². The number of hydrogen-bond acceptors (Lipinski definition) is 8. The Balaban J connectivity index is 1.86. The average Bonchev–Trinajstić information content (AvgIpc) is 2.85. The lowest BCUT2D eigenvalue weighted by atomic mass is 9.75. The van der Waals surface area contributed by atoms with Crippen LogP contribution >= 0.6 is 0 Å². The first-order chi connectivity index (χ1) is 18.9. The van der Waals surface area contributed by atoms with Gasteiger partial charge in [-0.1, -0.05) is 35.4 Å². The van der Waals surface area contributed by atoms with Gasteiger partial charge in [0.15, 0.2) is 6.61 Å². The standard InChI is InChI=1S/C29H34F2O9S/c1-15-7-17(3)24(18(4)8-15)39-27(33)22-11-21(26(32)38-14-29(30,31)41(35,36)37)12-23(13-22)28(34)40-25-19(5)9-16(2)10-20(25)6/h7-10,21-23H,11-14H2,1-6H3,(H,35,36,37). The quantitative estimate of drug-likeness (QED) is 0.251. The Morgan fingerprint density at radius 2 is 1.05 bits per heavy atom. The molecule has 2 atom stereocenters. The SMILES string of the molecule is Cc1cc(C)c(OC(=O)C2CC(C(=O)OCC(F)(F)S(=O)(=O)O)CC(C(=O)Oc3c(C)cc(C)cc3C)C2)c(C)c1. The lowest BCUT2D eigenvalue weighted by Crippen LogP contribution is -2.40. The minimum absolute atomic E-state index is 0.0312. The summed E-state index contributed by atoms with van der Waals surface area (Å²) in [5.74, 6) is -5.23. The molecule has 0 spiro atoms. The molecular formula is C29H34F2O9S. The second kappa shape index (κ2) is 12.2. The molecule has 41 heavy (non-hydrogen) atoms. The molecule has 2 unspecified atom stereocenters. The molecule has 2 aromatic carbocycles. The number of carbonyl (C=O) groups is 3. The van der Waals surface area contributed by atoms with Gasteiger partial charge in [-0.2, -0.15) is 17.2 Å². The second-order valence-electron chi connectivity index (χ2n) is 10.8. The van der Waals surface area contributed by atoms with E-state index in [4.69, 9.17) is 14.0 Å². The lowest BCUT2D eigenvalue weighted by molar-refractivity contribution is -0.160. The summed E-state index contributed by atoms with van der Waals surface area (Å²) in [6.07, 6.45) is -0.409. The van der Waals surface area contributed by atoms with E-state index in [2.05, 4.69) is 4.74 Å². The van der Waals surface area contributed by atoms with Crippen molar-refractivity contribution in [3.8, 4) is 11.5 Å². The van der Waals surface area contributed by atoms with Crippen molar-refractivity contribution >= 4 is 28.0 Å². The van der Waals surface area contributed by atoms with Crippen molar-refractivity contribution in [1.29, 1.82) is 0 Å². The van der Waals surface area contributed by atoms with E-state index in [1.54, 1.807) is 27.7 Å². The topological polar surface area (TPSA) is 133 Å². The minimum Gasteiger partial charge on any atom is -0.458 e. The molecule has 224 valence electrons. The Kier molecular flexibility index (Phi) is 9.59. The van der Waals surface area contributed by atoms with Gasteiger partial charge in [-0.25, -0.2) is 0 Å². The van der Waals surface area contributed by atoms with Gasteiger partial charge in [-0.3, -0.25) is 18.9 Å². The average molecular weight is 597 g/mol. The second-order valence-corrected chi connectivity index (χ2v) is 12.4. The Hall–Kier alpha value is -3.38. The molecule has 0 radical (unpaired) electrons. The van der Waals surface area contributed by atoms with Crippen LogP contribution < -0.4 is 9.47 Å². The predicted molar refractivity (Wildman–Crippen MR) is 144 cm³/mol. The first kappa shape index (κ1) is 32.1. The van der Waals surface area contributed by atoms with Crippen LogP contribution in [0.4, 0.5) is 8.78 Å². The largest absolute Gasteiger partial charge is 0.458 e. The molecule has 2 aromatic rings. The molecule has 9 nitrogen and oxygen atoms in total. The maximum absolute atomic E-state index is 13.7. The van der Waals surface area contributed by atoms with Crippen LogP contribution in [0.1, 0.15) is 52.6 Å². The van der Waals surface area contributed by atoms with E-state index in [9.17, 15) is 31.6 Å². The summed E-state index contributed by atoms with van der Waals surface area (Å²) in [6, 6.07) is 7.33. The zero-order valence-corrected chi connectivity index (χ0v) is 24.6. The van der Waals surface area contributed by atoms with Crippen LogP contribution in [0.3, 0.4) is 0 Å². The van der Waals surface area contributed by atoms with E-state index in [0.717, 1.165) is 11.1 Å². The summed E-state index contributed by atoms with van der Waals surface area (Å²) in [5, 5.41) is -4.73. The Labute approximate surface area is 237 Å². The number of carbonyl (C=O) groups excluding carboxylic acids is 3. The van der Waals surface area contributed by atoms with Gasteiger partial charge < -0.3 is 14.2 Å². The number of rotatable bonds is 8. The fourth-order valence-corrected chi connectivity index (χ4v) is 5.48. The first-order valence-electron chi connectivity index (χ1n) is 13.0. The van der Waals surface area contributed by atoms with E-state index in [1.807, 2.05) is 38.1 Å². The third-order valence-corrected chi connectivity index (χ3v) is 7.95. The van der Waals surface area contributed by atoms with Gasteiger partial charge in [-0.15, -0.1) is 0 Å². The molecule has 0 heterocycles. The van der Waals surface area contributed by atoms with Crippen LogP contribution in [0, 0.1) is 59.3 Å². The van der Waals surface area contributed by atoms with Gasteiger partial charge in [0.05, 0.1) is 17.8 Å².